The molecule has 0 saturated heterocycles. The van der Waals surface area contributed by atoms with E-state index >= 15 is 0 Å². The fraction of sp³-hybridized carbons (Fsp3) is 0.0417. The van der Waals surface area contributed by atoms with Crippen LogP contribution in [0.3, 0.4) is 0 Å². The average Bonchev–Trinajstić information content (AvgIpc) is 3.32. The van der Waals surface area contributed by atoms with Crippen molar-refractivity contribution in [1.29, 1.82) is 0 Å². The number of thiocarbonyl (C=S) groups is 1. The lowest BCUT2D eigenvalue weighted by atomic mass is 10.0. The van der Waals surface area contributed by atoms with Gasteiger partial charge >= 0.3 is 0 Å². The molecule has 0 atom stereocenters. The van der Waals surface area contributed by atoms with Crippen LogP contribution in [0.1, 0.15) is 5.56 Å². The molecule has 3 aromatic carbocycles. The molecule has 0 fully saturated rings. The maximum Gasteiger partial charge on any atom is 0.191 e. The first-order chi connectivity index (χ1) is 15.6. The van der Waals surface area contributed by atoms with Gasteiger partial charge in [-0.3, -0.25) is 5.43 Å². The van der Waals surface area contributed by atoms with E-state index in [2.05, 4.69) is 45.1 Å². The highest BCUT2D eigenvalue weighted by Crippen LogP contribution is 2.25. The van der Waals surface area contributed by atoms with Gasteiger partial charge in [-0.1, -0.05) is 77.8 Å². The molecule has 4 rings (SSSR count). The van der Waals surface area contributed by atoms with Crippen molar-refractivity contribution >= 4 is 51.9 Å². The van der Waals surface area contributed by atoms with E-state index in [4.69, 9.17) is 35.4 Å². The monoisotopic (exact) mass is 479 g/mol. The van der Waals surface area contributed by atoms with Crippen LogP contribution in [0, 0.1) is 0 Å². The Kier molecular flexibility index (Phi) is 7.17. The van der Waals surface area contributed by atoms with E-state index in [1.54, 1.807) is 30.7 Å². The predicted molar refractivity (Wildman–Crippen MR) is 136 cm³/mol. The number of aromatic nitrogens is 2. The molecule has 32 heavy (non-hydrogen) atoms. The van der Waals surface area contributed by atoms with Crippen molar-refractivity contribution in [2.75, 3.05) is 5.32 Å². The molecule has 0 saturated carbocycles. The van der Waals surface area contributed by atoms with E-state index in [0.29, 0.717) is 27.4 Å². The molecule has 5 nitrogen and oxygen atoms in total. The van der Waals surface area contributed by atoms with Gasteiger partial charge in [0.15, 0.2) is 5.11 Å². The van der Waals surface area contributed by atoms with E-state index < -0.39 is 0 Å². The summed E-state index contributed by atoms with van der Waals surface area (Å²) in [6, 6.07) is 23.6. The first-order valence-corrected chi connectivity index (χ1v) is 10.9. The van der Waals surface area contributed by atoms with E-state index in [1.165, 1.54) is 0 Å². The Bertz CT molecular complexity index is 1220. The third kappa shape index (κ3) is 5.73. The zero-order valence-electron chi connectivity index (χ0n) is 16.9. The Labute approximate surface area is 201 Å². The molecule has 0 unspecified atom stereocenters. The van der Waals surface area contributed by atoms with Crippen LogP contribution in [0.15, 0.2) is 96.6 Å². The van der Waals surface area contributed by atoms with E-state index in [-0.39, 0.29) is 0 Å². The van der Waals surface area contributed by atoms with Crippen molar-refractivity contribution in [3.05, 3.63) is 107 Å². The van der Waals surface area contributed by atoms with Gasteiger partial charge in [0, 0.05) is 17.4 Å². The molecule has 4 aromatic rings. The Morgan fingerprint density at radius 3 is 2.41 bits per heavy atom. The van der Waals surface area contributed by atoms with Crippen LogP contribution < -0.4 is 10.7 Å². The minimum absolute atomic E-state index is 0.318. The van der Waals surface area contributed by atoms with Gasteiger partial charge in [-0.15, -0.1) is 0 Å². The predicted octanol–water partition coefficient (Wildman–Crippen LogP) is 6.25. The summed E-state index contributed by atoms with van der Waals surface area (Å²) in [6.07, 6.45) is 5.37. The second-order valence-corrected chi connectivity index (χ2v) is 8.18. The first-order valence-electron chi connectivity index (χ1n) is 9.79. The third-order valence-corrected chi connectivity index (χ3v) is 5.43. The zero-order chi connectivity index (χ0) is 22.3. The van der Waals surface area contributed by atoms with Crippen LogP contribution in [0.5, 0.6) is 0 Å². The third-order valence-electron chi connectivity index (χ3n) is 4.69. The molecule has 0 aliphatic rings. The summed E-state index contributed by atoms with van der Waals surface area (Å²) in [4.78, 5) is 4.11. The number of hydrazone groups is 1. The number of imidazole rings is 1. The quantitative estimate of drug-likeness (QED) is 0.195. The van der Waals surface area contributed by atoms with Gasteiger partial charge in [0.05, 0.1) is 29.3 Å². The second-order valence-electron chi connectivity index (χ2n) is 6.93. The van der Waals surface area contributed by atoms with E-state index in [1.807, 2.05) is 41.1 Å². The van der Waals surface area contributed by atoms with Gasteiger partial charge in [-0.2, -0.15) is 5.10 Å². The van der Waals surface area contributed by atoms with Crippen LogP contribution >= 0.6 is 35.4 Å². The summed E-state index contributed by atoms with van der Waals surface area (Å²) in [5, 5.41) is 8.94. The fourth-order valence-electron chi connectivity index (χ4n) is 3.09. The van der Waals surface area contributed by atoms with Crippen molar-refractivity contribution in [3.63, 3.8) is 0 Å². The van der Waals surface area contributed by atoms with Gasteiger partial charge in [0.25, 0.3) is 0 Å². The number of anilines is 1. The van der Waals surface area contributed by atoms with Crippen molar-refractivity contribution in [2.24, 2.45) is 5.10 Å². The summed E-state index contributed by atoms with van der Waals surface area (Å²) in [6.45, 7) is 0.530. The summed E-state index contributed by atoms with van der Waals surface area (Å²) in [7, 11) is 0. The zero-order valence-corrected chi connectivity index (χ0v) is 19.2. The molecule has 0 aliphatic carbocycles. The number of nitrogens with zero attached hydrogens (tertiary/aromatic N) is 3. The molecule has 0 amide bonds. The highest BCUT2D eigenvalue weighted by atomic mass is 35.5. The standard InChI is InChI=1S/C24H19Cl2N5S/c25-20-10-11-22(21(26)14-20)28-24(32)30-29-23(15-31-13-12-27-16-31)19-8-6-18(7-9-19)17-4-2-1-3-5-17/h1-14,16H,15H2,(H2,28,30,32)/b29-23-. The van der Waals surface area contributed by atoms with Crippen LogP contribution in [0.2, 0.25) is 10.0 Å². The largest absolute Gasteiger partial charge is 0.331 e. The number of hydrogen-bond donors (Lipinski definition) is 2. The van der Waals surface area contributed by atoms with Crippen molar-refractivity contribution < 1.29 is 0 Å². The highest BCUT2D eigenvalue weighted by molar-refractivity contribution is 7.80. The average molecular weight is 480 g/mol. The van der Waals surface area contributed by atoms with E-state index in [9.17, 15) is 0 Å². The minimum atomic E-state index is 0.318. The molecule has 2 N–H and O–H groups in total. The molecule has 0 spiro atoms. The maximum absolute atomic E-state index is 6.21. The number of halogens is 2. The topological polar surface area (TPSA) is 54.2 Å². The molecule has 8 heteroatoms. The number of benzene rings is 3. The summed E-state index contributed by atoms with van der Waals surface area (Å²) >= 11 is 17.6. The Hall–Kier alpha value is -3.19. The molecule has 0 bridgehead atoms. The Morgan fingerprint density at radius 1 is 0.969 bits per heavy atom. The molecule has 1 heterocycles. The van der Waals surface area contributed by atoms with Crippen molar-refractivity contribution in [2.45, 2.75) is 6.54 Å². The molecule has 0 aliphatic heterocycles. The molecule has 160 valence electrons. The normalized spacial score (nSPS) is 11.2. The van der Waals surface area contributed by atoms with Crippen molar-refractivity contribution in [3.8, 4) is 11.1 Å². The summed E-state index contributed by atoms with van der Waals surface area (Å²) in [5.74, 6) is 0. The van der Waals surface area contributed by atoms with Gasteiger partial charge in [0.1, 0.15) is 0 Å². The van der Waals surface area contributed by atoms with Gasteiger partial charge in [0.2, 0.25) is 0 Å². The molecule has 0 radical (unpaired) electrons. The fourth-order valence-corrected chi connectivity index (χ4v) is 3.70. The highest BCUT2D eigenvalue weighted by Gasteiger charge is 2.08. The SMILES string of the molecule is S=C(N/N=C(/Cn1ccnc1)c1ccc(-c2ccccc2)cc1)Nc1ccc(Cl)cc1Cl. The van der Waals surface area contributed by atoms with Crippen LogP contribution in [0.4, 0.5) is 5.69 Å². The van der Waals surface area contributed by atoms with Gasteiger partial charge in [-0.25, -0.2) is 4.98 Å². The number of hydrogen-bond acceptors (Lipinski definition) is 3. The van der Waals surface area contributed by atoms with Gasteiger partial charge < -0.3 is 9.88 Å². The Morgan fingerprint density at radius 2 is 1.72 bits per heavy atom. The number of rotatable bonds is 6. The molecular weight excluding hydrogens is 461 g/mol. The smallest absolute Gasteiger partial charge is 0.191 e. The lowest BCUT2D eigenvalue weighted by Crippen LogP contribution is -2.26. The Balaban J connectivity index is 1.53. The number of nitrogens with one attached hydrogen (secondary N) is 2. The van der Waals surface area contributed by atoms with Crippen LogP contribution in [0.25, 0.3) is 11.1 Å². The molecule has 1 aromatic heterocycles. The van der Waals surface area contributed by atoms with Crippen LogP contribution in [-0.4, -0.2) is 20.4 Å². The maximum atomic E-state index is 6.21. The van der Waals surface area contributed by atoms with Crippen molar-refractivity contribution in [1.82, 2.24) is 15.0 Å². The summed E-state index contributed by atoms with van der Waals surface area (Å²) in [5.41, 5.74) is 7.63. The minimum Gasteiger partial charge on any atom is -0.331 e. The second kappa shape index (κ2) is 10.4. The van der Waals surface area contributed by atoms with Gasteiger partial charge in [-0.05, 0) is 47.1 Å². The molecular formula is C24H19Cl2N5S. The lowest BCUT2D eigenvalue weighted by molar-refractivity contribution is 0.839. The van der Waals surface area contributed by atoms with Crippen LogP contribution in [-0.2, 0) is 6.54 Å². The lowest BCUT2D eigenvalue weighted by Gasteiger charge is -2.12. The summed E-state index contributed by atoms with van der Waals surface area (Å²) < 4.78 is 1.94. The first kappa shape index (κ1) is 22.0. The van der Waals surface area contributed by atoms with E-state index in [0.717, 1.165) is 22.4 Å².